The van der Waals surface area contributed by atoms with E-state index in [1.807, 2.05) is 30.3 Å². The third-order valence-electron chi connectivity index (χ3n) is 4.30. The Balaban J connectivity index is 1.53. The van der Waals surface area contributed by atoms with Crippen molar-refractivity contribution in [1.29, 1.82) is 0 Å². The van der Waals surface area contributed by atoms with Gasteiger partial charge < -0.3 is 15.0 Å². The average Bonchev–Trinajstić information content (AvgIpc) is 2.66. The number of rotatable bonds is 6. The van der Waals surface area contributed by atoms with Crippen molar-refractivity contribution in [3.8, 4) is 0 Å². The van der Waals surface area contributed by atoms with Gasteiger partial charge in [-0.25, -0.2) is 0 Å². The van der Waals surface area contributed by atoms with Crippen LogP contribution in [0.5, 0.6) is 0 Å². The van der Waals surface area contributed by atoms with Crippen molar-refractivity contribution in [2.75, 3.05) is 31.2 Å². The molecule has 24 heavy (non-hydrogen) atoms. The molecule has 126 valence electrons. The molecule has 0 bridgehead atoms. The summed E-state index contributed by atoms with van der Waals surface area (Å²) in [6.45, 7) is 3.90. The Morgan fingerprint density at radius 3 is 2.50 bits per heavy atom. The average molecular weight is 324 g/mol. The van der Waals surface area contributed by atoms with E-state index in [1.54, 1.807) is 0 Å². The van der Waals surface area contributed by atoms with Gasteiger partial charge in [0.25, 0.3) is 0 Å². The van der Waals surface area contributed by atoms with E-state index in [0.717, 1.165) is 38.3 Å². The number of carbonyl (C=O) groups is 1. The number of ether oxygens (including phenoxy) is 1. The largest absolute Gasteiger partial charge is 0.378 e. The first-order valence-corrected chi connectivity index (χ1v) is 8.54. The minimum Gasteiger partial charge on any atom is -0.378 e. The molecular weight excluding hydrogens is 300 g/mol. The van der Waals surface area contributed by atoms with E-state index in [0.29, 0.717) is 13.0 Å². The first kappa shape index (κ1) is 16.5. The normalized spacial score (nSPS) is 14.4. The van der Waals surface area contributed by atoms with Crippen LogP contribution in [0.1, 0.15) is 17.5 Å². The van der Waals surface area contributed by atoms with Crippen LogP contribution < -0.4 is 10.2 Å². The topological polar surface area (TPSA) is 41.6 Å². The van der Waals surface area contributed by atoms with Gasteiger partial charge in [0.15, 0.2) is 0 Å². The predicted octanol–water partition coefficient (Wildman–Crippen LogP) is 2.77. The van der Waals surface area contributed by atoms with Crippen LogP contribution in [0.15, 0.2) is 54.6 Å². The van der Waals surface area contributed by atoms with Crippen LogP contribution in [-0.4, -0.2) is 32.2 Å². The van der Waals surface area contributed by atoms with E-state index in [9.17, 15) is 4.79 Å². The van der Waals surface area contributed by atoms with Crippen molar-refractivity contribution in [3.63, 3.8) is 0 Å². The summed E-state index contributed by atoms with van der Waals surface area (Å²) < 4.78 is 5.42. The van der Waals surface area contributed by atoms with Crippen LogP contribution in [0.2, 0.25) is 0 Å². The highest BCUT2D eigenvalue weighted by Crippen LogP contribution is 2.21. The number of aryl methyl sites for hydroxylation is 1. The Morgan fingerprint density at radius 2 is 1.71 bits per heavy atom. The number of benzene rings is 2. The minimum atomic E-state index is 0.0932. The molecule has 2 aromatic rings. The first-order chi connectivity index (χ1) is 11.8. The number of hydrogen-bond donors (Lipinski definition) is 1. The molecule has 0 aromatic heterocycles. The molecule has 1 aliphatic rings. The third-order valence-corrected chi connectivity index (χ3v) is 4.30. The van der Waals surface area contributed by atoms with Crippen LogP contribution in [0.3, 0.4) is 0 Å². The molecule has 1 N–H and O–H groups in total. The molecule has 0 saturated carbocycles. The molecule has 3 rings (SSSR count). The molecule has 0 atom stereocenters. The fourth-order valence-corrected chi connectivity index (χ4v) is 2.96. The quantitative estimate of drug-likeness (QED) is 0.888. The van der Waals surface area contributed by atoms with Crippen molar-refractivity contribution in [1.82, 2.24) is 5.32 Å². The smallest absolute Gasteiger partial charge is 0.220 e. The zero-order chi connectivity index (χ0) is 16.6. The highest BCUT2D eigenvalue weighted by atomic mass is 16.5. The molecular formula is C20H24N2O2. The molecule has 1 fully saturated rings. The fraction of sp³-hybridized carbons (Fsp3) is 0.350. The molecule has 1 heterocycles. The van der Waals surface area contributed by atoms with Gasteiger partial charge in [-0.1, -0.05) is 48.5 Å². The summed E-state index contributed by atoms with van der Waals surface area (Å²) in [4.78, 5) is 14.5. The number of nitrogens with zero attached hydrogens (tertiary/aromatic N) is 1. The van der Waals surface area contributed by atoms with Crippen LogP contribution in [-0.2, 0) is 22.5 Å². The Labute approximate surface area is 143 Å². The zero-order valence-electron chi connectivity index (χ0n) is 13.9. The van der Waals surface area contributed by atoms with Gasteiger partial charge >= 0.3 is 0 Å². The minimum absolute atomic E-state index is 0.0932. The molecule has 0 radical (unpaired) electrons. The van der Waals surface area contributed by atoms with Gasteiger partial charge in [0.05, 0.1) is 13.2 Å². The lowest BCUT2D eigenvalue weighted by Gasteiger charge is -2.30. The second-order valence-electron chi connectivity index (χ2n) is 5.99. The van der Waals surface area contributed by atoms with E-state index in [2.05, 4.69) is 34.5 Å². The Morgan fingerprint density at radius 1 is 1.00 bits per heavy atom. The molecule has 0 aliphatic carbocycles. The van der Waals surface area contributed by atoms with Crippen LogP contribution >= 0.6 is 0 Å². The number of anilines is 1. The summed E-state index contributed by atoms with van der Waals surface area (Å²) >= 11 is 0. The Bertz CT molecular complexity index is 652. The number of amides is 1. The van der Waals surface area contributed by atoms with Crippen molar-refractivity contribution < 1.29 is 9.53 Å². The molecule has 0 unspecified atom stereocenters. The summed E-state index contributed by atoms with van der Waals surface area (Å²) in [6, 6.07) is 18.4. The lowest BCUT2D eigenvalue weighted by Crippen LogP contribution is -2.37. The second kappa shape index (κ2) is 8.50. The Hall–Kier alpha value is -2.33. The molecule has 2 aromatic carbocycles. The van der Waals surface area contributed by atoms with Gasteiger partial charge in [0, 0.05) is 31.7 Å². The number of para-hydroxylation sites is 1. The summed E-state index contributed by atoms with van der Waals surface area (Å²) in [6.07, 6.45) is 1.29. The molecule has 1 amide bonds. The van der Waals surface area contributed by atoms with Gasteiger partial charge in [-0.15, -0.1) is 0 Å². The number of hydrogen-bond acceptors (Lipinski definition) is 3. The van der Waals surface area contributed by atoms with Crippen LogP contribution in [0, 0.1) is 0 Å². The van der Waals surface area contributed by atoms with Gasteiger partial charge in [-0.2, -0.15) is 0 Å². The van der Waals surface area contributed by atoms with Gasteiger partial charge in [-0.3, -0.25) is 4.79 Å². The van der Waals surface area contributed by atoms with Gasteiger partial charge in [0.1, 0.15) is 0 Å². The highest BCUT2D eigenvalue weighted by molar-refractivity contribution is 5.76. The molecule has 1 saturated heterocycles. The molecule has 0 spiro atoms. The van der Waals surface area contributed by atoms with E-state index in [1.165, 1.54) is 11.3 Å². The van der Waals surface area contributed by atoms with E-state index >= 15 is 0 Å². The van der Waals surface area contributed by atoms with Crippen LogP contribution in [0.25, 0.3) is 0 Å². The van der Waals surface area contributed by atoms with Gasteiger partial charge in [-0.05, 0) is 23.6 Å². The number of carbonyl (C=O) groups excluding carboxylic acids is 1. The summed E-state index contributed by atoms with van der Waals surface area (Å²) in [7, 11) is 0. The SMILES string of the molecule is O=C(CCc1ccccc1)NCc1ccccc1N1CCOCC1. The zero-order valence-corrected chi connectivity index (χ0v) is 13.9. The summed E-state index contributed by atoms with van der Waals surface area (Å²) in [5.74, 6) is 0.0932. The van der Waals surface area contributed by atoms with Crippen molar-refractivity contribution in [3.05, 3.63) is 65.7 Å². The summed E-state index contributed by atoms with van der Waals surface area (Å²) in [5, 5.41) is 3.05. The standard InChI is InChI=1S/C20H24N2O2/c23-20(11-10-17-6-2-1-3-7-17)21-16-18-8-4-5-9-19(18)22-12-14-24-15-13-22/h1-9H,10-16H2,(H,21,23). The van der Waals surface area contributed by atoms with Crippen LogP contribution in [0.4, 0.5) is 5.69 Å². The molecule has 1 aliphatic heterocycles. The summed E-state index contributed by atoms with van der Waals surface area (Å²) in [5.41, 5.74) is 3.55. The molecule has 4 heteroatoms. The van der Waals surface area contributed by atoms with Gasteiger partial charge in [0.2, 0.25) is 5.91 Å². The van der Waals surface area contributed by atoms with E-state index in [4.69, 9.17) is 4.74 Å². The maximum absolute atomic E-state index is 12.1. The number of morpholine rings is 1. The first-order valence-electron chi connectivity index (χ1n) is 8.54. The maximum atomic E-state index is 12.1. The maximum Gasteiger partial charge on any atom is 0.220 e. The lowest BCUT2D eigenvalue weighted by atomic mass is 10.1. The van der Waals surface area contributed by atoms with E-state index in [-0.39, 0.29) is 5.91 Å². The second-order valence-corrected chi connectivity index (χ2v) is 5.99. The molecule has 4 nitrogen and oxygen atoms in total. The predicted molar refractivity (Wildman–Crippen MR) is 96.1 cm³/mol. The Kier molecular flexibility index (Phi) is 5.85. The van der Waals surface area contributed by atoms with Crippen molar-refractivity contribution >= 4 is 11.6 Å². The van der Waals surface area contributed by atoms with Crippen molar-refractivity contribution in [2.24, 2.45) is 0 Å². The highest BCUT2D eigenvalue weighted by Gasteiger charge is 2.14. The van der Waals surface area contributed by atoms with E-state index < -0.39 is 0 Å². The lowest BCUT2D eigenvalue weighted by molar-refractivity contribution is -0.121. The van der Waals surface area contributed by atoms with Crippen molar-refractivity contribution in [2.45, 2.75) is 19.4 Å². The third kappa shape index (κ3) is 4.59. The number of nitrogens with one attached hydrogen (secondary N) is 1. The fourth-order valence-electron chi connectivity index (χ4n) is 2.96. The monoisotopic (exact) mass is 324 g/mol.